The summed E-state index contributed by atoms with van der Waals surface area (Å²) in [5.41, 5.74) is 4.26. The third-order valence-corrected chi connectivity index (χ3v) is 1.71. The first-order valence-corrected chi connectivity index (χ1v) is 5.85. The van der Waals surface area contributed by atoms with Crippen LogP contribution in [0.2, 0.25) is 0 Å². The van der Waals surface area contributed by atoms with Crippen LogP contribution in [0.3, 0.4) is 0 Å². The number of aliphatic carboxylic acids is 1. The molecule has 6 nitrogen and oxygen atoms in total. The lowest BCUT2D eigenvalue weighted by atomic mass is 10.1. The van der Waals surface area contributed by atoms with Crippen LogP contribution in [0.25, 0.3) is 0 Å². The van der Waals surface area contributed by atoms with Gasteiger partial charge < -0.3 is 20.7 Å². The number of rotatable bonds is 4. The van der Waals surface area contributed by atoms with E-state index in [0.29, 0.717) is 12.3 Å². The normalized spacial score (nSPS) is 12.4. The van der Waals surface area contributed by atoms with Crippen LogP contribution in [0.1, 0.15) is 47.5 Å². The Morgan fingerprint density at radius 2 is 1.67 bits per heavy atom. The molecule has 0 saturated heterocycles. The largest absolute Gasteiger partial charge is 0.479 e. The van der Waals surface area contributed by atoms with Crippen molar-refractivity contribution in [2.45, 2.75) is 59.2 Å². The lowest BCUT2D eigenvalue weighted by Gasteiger charge is -2.16. The summed E-state index contributed by atoms with van der Waals surface area (Å²) >= 11 is 0. The highest BCUT2D eigenvalue weighted by atomic mass is 16.6. The van der Waals surface area contributed by atoms with Crippen molar-refractivity contribution in [3.63, 3.8) is 0 Å². The van der Waals surface area contributed by atoms with E-state index in [1.54, 1.807) is 20.8 Å². The van der Waals surface area contributed by atoms with Crippen LogP contribution in [0, 0.1) is 5.92 Å². The van der Waals surface area contributed by atoms with Crippen molar-refractivity contribution in [3.8, 4) is 0 Å². The highest BCUT2D eigenvalue weighted by Gasteiger charge is 2.13. The van der Waals surface area contributed by atoms with Crippen LogP contribution in [0.4, 0.5) is 4.79 Å². The van der Waals surface area contributed by atoms with Crippen LogP contribution in [-0.2, 0) is 9.53 Å². The number of carboxylic acids is 1. The summed E-state index contributed by atoms with van der Waals surface area (Å²) in [5, 5.41) is 17.0. The molecule has 0 fully saturated rings. The van der Waals surface area contributed by atoms with E-state index < -0.39 is 23.8 Å². The Morgan fingerprint density at radius 3 is 1.83 bits per heavy atom. The molecule has 0 aliphatic carbocycles. The van der Waals surface area contributed by atoms with Gasteiger partial charge >= 0.3 is 12.1 Å². The minimum atomic E-state index is -1.18. The summed E-state index contributed by atoms with van der Waals surface area (Å²) in [6.45, 7) is 9.27. The summed E-state index contributed by atoms with van der Waals surface area (Å²) < 4.78 is 4.58. The molecule has 1 unspecified atom stereocenters. The molecule has 1 amide bonds. The zero-order chi connectivity index (χ0) is 14.9. The van der Waals surface area contributed by atoms with Gasteiger partial charge in [-0.2, -0.15) is 0 Å². The second-order valence-corrected chi connectivity index (χ2v) is 5.36. The van der Waals surface area contributed by atoms with Crippen LogP contribution < -0.4 is 5.73 Å². The van der Waals surface area contributed by atoms with Gasteiger partial charge in [-0.25, -0.2) is 9.59 Å². The third-order valence-electron chi connectivity index (χ3n) is 1.71. The summed E-state index contributed by atoms with van der Waals surface area (Å²) in [7, 11) is 0. The highest BCUT2D eigenvalue weighted by Crippen LogP contribution is 2.06. The van der Waals surface area contributed by atoms with Crippen molar-refractivity contribution in [2.75, 3.05) is 0 Å². The quantitative estimate of drug-likeness (QED) is 0.715. The van der Waals surface area contributed by atoms with E-state index in [9.17, 15) is 9.59 Å². The molecule has 0 heterocycles. The van der Waals surface area contributed by atoms with E-state index in [2.05, 4.69) is 4.74 Å². The van der Waals surface area contributed by atoms with E-state index in [-0.39, 0.29) is 0 Å². The fourth-order valence-electron chi connectivity index (χ4n) is 0.916. The molecule has 0 aromatic carbocycles. The third kappa shape index (κ3) is 17.1. The number of carboxylic acid groups (broad SMARTS) is 1. The van der Waals surface area contributed by atoms with Crippen LogP contribution in [0.5, 0.6) is 0 Å². The standard InChI is InChI=1S/C7H14O3.C5H11NO2/c1-5(2)3-4-6(8)7(9)10;1-5(2,3)8-4(6)7/h5-6,8H,3-4H2,1-2H3,(H,9,10);1-3H3,(H2,6,7). The number of primary amides is 1. The smallest absolute Gasteiger partial charge is 0.405 e. The van der Waals surface area contributed by atoms with Gasteiger partial charge in [0.15, 0.2) is 6.10 Å². The molecule has 0 radical (unpaired) electrons. The zero-order valence-electron chi connectivity index (χ0n) is 11.8. The number of carbonyl (C=O) groups is 2. The molecular formula is C12H25NO5. The average molecular weight is 263 g/mol. The van der Waals surface area contributed by atoms with E-state index >= 15 is 0 Å². The van der Waals surface area contributed by atoms with Crippen molar-refractivity contribution >= 4 is 12.1 Å². The molecular weight excluding hydrogens is 238 g/mol. The summed E-state index contributed by atoms with van der Waals surface area (Å²) in [4.78, 5) is 20.1. The number of ether oxygens (including phenoxy) is 1. The van der Waals surface area contributed by atoms with Crippen LogP contribution >= 0.6 is 0 Å². The first-order valence-electron chi connectivity index (χ1n) is 5.85. The van der Waals surface area contributed by atoms with Gasteiger partial charge in [0.05, 0.1) is 0 Å². The Morgan fingerprint density at radius 1 is 1.22 bits per heavy atom. The minimum Gasteiger partial charge on any atom is -0.479 e. The number of amides is 1. The maximum atomic E-state index is 10.1. The number of nitrogens with two attached hydrogens (primary N) is 1. The molecule has 0 bridgehead atoms. The van der Waals surface area contributed by atoms with Gasteiger partial charge in [0.1, 0.15) is 5.60 Å². The molecule has 0 aromatic rings. The number of aliphatic hydroxyl groups is 1. The van der Waals surface area contributed by atoms with Gasteiger partial charge in [-0.15, -0.1) is 0 Å². The lowest BCUT2D eigenvalue weighted by Crippen LogP contribution is -2.27. The second kappa shape index (κ2) is 8.74. The SMILES string of the molecule is CC(C)(C)OC(N)=O.CC(C)CCC(O)C(=O)O. The Labute approximate surface area is 108 Å². The summed E-state index contributed by atoms with van der Waals surface area (Å²) in [6, 6.07) is 0. The van der Waals surface area contributed by atoms with Crippen molar-refractivity contribution < 1.29 is 24.5 Å². The van der Waals surface area contributed by atoms with Crippen LogP contribution in [0.15, 0.2) is 0 Å². The Hall–Kier alpha value is -1.30. The van der Waals surface area contributed by atoms with Gasteiger partial charge in [-0.05, 0) is 39.5 Å². The second-order valence-electron chi connectivity index (χ2n) is 5.36. The topological polar surface area (TPSA) is 110 Å². The van der Waals surface area contributed by atoms with Gasteiger partial charge in [-0.1, -0.05) is 13.8 Å². The maximum Gasteiger partial charge on any atom is 0.405 e. The molecule has 0 aromatic heterocycles. The molecule has 1 atom stereocenters. The predicted molar refractivity (Wildman–Crippen MR) is 68.1 cm³/mol. The summed E-state index contributed by atoms with van der Waals surface area (Å²) in [6.07, 6.45) is -0.791. The minimum absolute atomic E-state index is 0.354. The monoisotopic (exact) mass is 263 g/mol. The predicted octanol–water partition coefficient (Wildman–Crippen LogP) is 1.75. The average Bonchev–Trinajstić information content (AvgIpc) is 2.10. The molecule has 0 spiro atoms. The van der Waals surface area contributed by atoms with Crippen LogP contribution in [-0.4, -0.2) is 34.0 Å². The van der Waals surface area contributed by atoms with Gasteiger partial charge in [-0.3, -0.25) is 0 Å². The van der Waals surface area contributed by atoms with Crippen molar-refractivity contribution in [1.82, 2.24) is 0 Å². The Balaban J connectivity index is 0. The van der Waals surface area contributed by atoms with Gasteiger partial charge in [0.2, 0.25) is 0 Å². The fraction of sp³-hybridized carbons (Fsp3) is 0.833. The highest BCUT2D eigenvalue weighted by molar-refractivity contribution is 5.71. The molecule has 0 saturated carbocycles. The van der Waals surface area contributed by atoms with Crippen molar-refractivity contribution in [1.29, 1.82) is 0 Å². The number of carbonyl (C=O) groups excluding carboxylic acids is 1. The molecule has 18 heavy (non-hydrogen) atoms. The zero-order valence-corrected chi connectivity index (χ0v) is 11.8. The van der Waals surface area contributed by atoms with Gasteiger partial charge in [0, 0.05) is 0 Å². The fourth-order valence-corrected chi connectivity index (χ4v) is 0.916. The number of hydrogen-bond acceptors (Lipinski definition) is 4. The first kappa shape index (κ1) is 19.0. The molecule has 0 aliphatic heterocycles. The van der Waals surface area contributed by atoms with E-state index in [1.807, 2.05) is 13.8 Å². The lowest BCUT2D eigenvalue weighted by molar-refractivity contribution is -0.147. The van der Waals surface area contributed by atoms with E-state index in [0.717, 1.165) is 6.42 Å². The molecule has 6 heteroatoms. The van der Waals surface area contributed by atoms with E-state index in [4.69, 9.17) is 15.9 Å². The maximum absolute atomic E-state index is 10.1. The molecule has 0 aliphatic rings. The van der Waals surface area contributed by atoms with Gasteiger partial charge in [0.25, 0.3) is 0 Å². The molecule has 0 rings (SSSR count). The first-order chi connectivity index (χ1) is 7.95. The summed E-state index contributed by atoms with van der Waals surface area (Å²) in [5.74, 6) is -0.672. The Kier molecular flexibility index (Phi) is 9.25. The van der Waals surface area contributed by atoms with Crippen molar-refractivity contribution in [3.05, 3.63) is 0 Å². The number of hydrogen-bond donors (Lipinski definition) is 3. The Bertz CT molecular complexity index is 258. The van der Waals surface area contributed by atoms with Crippen molar-refractivity contribution in [2.24, 2.45) is 11.7 Å². The molecule has 108 valence electrons. The number of aliphatic hydroxyl groups excluding tert-OH is 1. The molecule has 4 N–H and O–H groups in total. The van der Waals surface area contributed by atoms with E-state index in [1.165, 1.54) is 0 Å².